The van der Waals surface area contributed by atoms with Crippen LogP contribution in [0.3, 0.4) is 0 Å². The summed E-state index contributed by atoms with van der Waals surface area (Å²) in [7, 11) is -2.57. The van der Waals surface area contributed by atoms with Crippen LogP contribution in [0.15, 0.2) is 47.4 Å². The summed E-state index contributed by atoms with van der Waals surface area (Å²) >= 11 is 0. The lowest BCUT2D eigenvalue weighted by atomic mass is 10.0. The van der Waals surface area contributed by atoms with Gasteiger partial charge in [0.25, 0.3) is 0 Å². The average Bonchev–Trinajstić information content (AvgIpc) is 2.87. The summed E-state index contributed by atoms with van der Waals surface area (Å²) in [6, 6.07) is 11.8. The Morgan fingerprint density at radius 3 is 2.49 bits per heavy atom. The van der Waals surface area contributed by atoms with Crippen LogP contribution >= 0.6 is 0 Å². The van der Waals surface area contributed by atoms with Gasteiger partial charge in [-0.3, -0.25) is 0 Å². The number of aliphatic hydroxyl groups excluding tert-OH is 1. The standard InChI is InChI=1S/C24H33N3O7S/c1-3-33-24(30)17-7-9-19(10-8-17)27-13-11-18(12-14-27)26-15-20(28)16-34-21-5-4-6-22(23(21)29)35(31,32)25-2/h4-10,18,20,25-26,28-29H,3,11-16H2,1-2H3/t20-/m0/s1. The average molecular weight is 508 g/mol. The molecule has 2 aromatic rings. The van der Waals surface area contributed by atoms with E-state index in [4.69, 9.17) is 9.47 Å². The Bertz CT molecular complexity index is 1080. The van der Waals surface area contributed by atoms with Crippen LogP contribution in [0.4, 0.5) is 5.69 Å². The highest BCUT2D eigenvalue weighted by molar-refractivity contribution is 7.89. The second kappa shape index (κ2) is 12.2. The number of para-hydroxylation sites is 1. The molecule has 0 amide bonds. The van der Waals surface area contributed by atoms with Crippen molar-refractivity contribution in [1.29, 1.82) is 0 Å². The SMILES string of the molecule is CCOC(=O)c1ccc(N2CCC(NC[C@H](O)COc3cccc(S(=O)(=O)NC)c3O)CC2)cc1. The van der Waals surface area contributed by atoms with Crippen molar-refractivity contribution in [2.75, 3.05) is 44.8 Å². The zero-order chi connectivity index (χ0) is 25.4. The Labute approximate surface area is 205 Å². The molecule has 0 radical (unpaired) electrons. The molecule has 0 aliphatic carbocycles. The molecule has 11 heteroatoms. The zero-order valence-electron chi connectivity index (χ0n) is 19.9. The summed E-state index contributed by atoms with van der Waals surface area (Å²) in [4.78, 5) is 13.8. The van der Waals surface area contributed by atoms with E-state index in [2.05, 4.69) is 14.9 Å². The number of phenolic OH excluding ortho intramolecular Hbond substituents is 1. The van der Waals surface area contributed by atoms with Gasteiger partial charge < -0.3 is 29.9 Å². The van der Waals surface area contributed by atoms with E-state index in [9.17, 15) is 23.4 Å². The van der Waals surface area contributed by atoms with E-state index in [1.165, 1.54) is 25.2 Å². The number of aliphatic hydroxyl groups is 1. The highest BCUT2D eigenvalue weighted by atomic mass is 32.2. The minimum absolute atomic E-state index is 0.0114. The van der Waals surface area contributed by atoms with Crippen molar-refractivity contribution in [1.82, 2.24) is 10.0 Å². The lowest BCUT2D eigenvalue weighted by Crippen LogP contribution is -2.45. The number of rotatable bonds is 11. The number of benzene rings is 2. The quantitative estimate of drug-likeness (QED) is 0.333. The smallest absolute Gasteiger partial charge is 0.338 e. The number of hydrogen-bond donors (Lipinski definition) is 4. The largest absolute Gasteiger partial charge is 0.503 e. The third-order valence-electron chi connectivity index (χ3n) is 5.83. The monoisotopic (exact) mass is 507 g/mol. The number of anilines is 1. The molecule has 2 aromatic carbocycles. The van der Waals surface area contributed by atoms with E-state index in [-0.39, 0.29) is 29.3 Å². The summed E-state index contributed by atoms with van der Waals surface area (Å²) in [5, 5.41) is 23.9. The first-order chi connectivity index (χ1) is 16.7. The predicted molar refractivity (Wildman–Crippen MR) is 131 cm³/mol. The van der Waals surface area contributed by atoms with Gasteiger partial charge >= 0.3 is 5.97 Å². The fourth-order valence-electron chi connectivity index (χ4n) is 3.86. The number of esters is 1. The van der Waals surface area contributed by atoms with E-state index >= 15 is 0 Å². The highest BCUT2D eigenvalue weighted by Gasteiger charge is 2.22. The maximum atomic E-state index is 12.0. The van der Waals surface area contributed by atoms with Crippen LogP contribution in [-0.4, -0.2) is 76.6 Å². The Morgan fingerprint density at radius 2 is 1.86 bits per heavy atom. The summed E-state index contributed by atoms with van der Waals surface area (Å²) in [5.41, 5.74) is 1.58. The number of hydrogen-bond acceptors (Lipinski definition) is 9. The van der Waals surface area contributed by atoms with Gasteiger partial charge in [-0.1, -0.05) is 6.07 Å². The molecule has 1 heterocycles. The van der Waals surface area contributed by atoms with Crippen LogP contribution < -0.4 is 19.7 Å². The molecule has 1 aliphatic rings. The molecule has 1 fully saturated rings. The maximum Gasteiger partial charge on any atom is 0.338 e. The highest BCUT2D eigenvalue weighted by Crippen LogP contribution is 2.32. The molecule has 1 aliphatic heterocycles. The van der Waals surface area contributed by atoms with Gasteiger partial charge in [0, 0.05) is 31.4 Å². The Hall–Kier alpha value is -2.86. The van der Waals surface area contributed by atoms with Crippen LogP contribution in [0.25, 0.3) is 0 Å². The van der Waals surface area contributed by atoms with Crippen LogP contribution in [0.5, 0.6) is 11.5 Å². The van der Waals surface area contributed by atoms with Gasteiger partial charge in [0.15, 0.2) is 11.5 Å². The third-order valence-corrected chi connectivity index (χ3v) is 7.28. The second-order valence-electron chi connectivity index (χ2n) is 8.21. The molecule has 0 saturated carbocycles. The molecule has 1 saturated heterocycles. The molecule has 4 N–H and O–H groups in total. The molecule has 0 aromatic heterocycles. The summed E-state index contributed by atoms with van der Waals surface area (Å²) in [5.74, 6) is -0.831. The molecule has 35 heavy (non-hydrogen) atoms. The van der Waals surface area contributed by atoms with Crippen molar-refractivity contribution in [2.45, 2.75) is 36.8 Å². The van der Waals surface area contributed by atoms with Crippen LogP contribution in [0.2, 0.25) is 0 Å². The second-order valence-corrected chi connectivity index (χ2v) is 10.1. The molecule has 0 spiro atoms. The lowest BCUT2D eigenvalue weighted by molar-refractivity contribution is 0.0526. The van der Waals surface area contributed by atoms with E-state index < -0.39 is 21.9 Å². The summed E-state index contributed by atoms with van der Waals surface area (Å²) in [6.45, 7) is 4.00. The number of piperidine rings is 1. The van der Waals surface area contributed by atoms with Crippen LogP contribution in [0, 0.1) is 0 Å². The lowest BCUT2D eigenvalue weighted by Gasteiger charge is -2.34. The molecule has 10 nitrogen and oxygen atoms in total. The van der Waals surface area contributed by atoms with Gasteiger partial charge in [-0.25, -0.2) is 17.9 Å². The first kappa shape index (κ1) is 26.7. The molecule has 1 atom stereocenters. The van der Waals surface area contributed by atoms with E-state index in [1.54, 1.807) is 19.1 Å². The van der Waals surface area contributed by atoms with Crippen LogP contribution in [-0.2, 0) is 14.8 Å². The van der Waals surface area contributed by atoms with E-state index in [0.717, 1.165) is 31.6 Å². The maximum absolute atomic E-state index is 12.0. The number of nitrogens with one attached hydrogen (secondary N) is 2. The Morgan fingerprint density at radius 1 is 1.17 bits per heavy atom. The predicted octanol–water partition coefficient (Wildman–Crippen LogP) is 1.48. The first-order valence-electron chi connectivity index (χ1n) is 11.6. The molecular formula is C24H33N3O7S. The summed E-state index contributed by atoms with van der Waals surface area (Å²) < 4.78 is 36.5. The number of nitrogens with zero attached hydrogens (tertiary/aromatic N) is 1. The number of carbonyl (C=O) groups is 1. The Balaban J connectivity index is 1.43. The zero-order valence-corrected chi connectivity index (χ0v) is 20.8. The van der Waals surface area contributed by atoms with Gasteiger partial charge in [-0.15, -0.1) is 0 Å². The molecule has 0 unspecified atom stereocenters. The van der Waals surface area contributed by atoms with Gasteiger partial charge in [0.05, 0.1) is 12.2 Å². The molecule has 0 bridgehead atoms. The van der Waals surface area contributed by atoms with Crippen molar-refractivity contribution in [3.8, 4) is 11.5 Å². The van der Waals surface area contributed by atoms with E-state index in [1.807, 2.05) is 12.1 Å². The van der Waals surface area contributed by atoms with Gasteiger partial charge in [-0.2, -0.15) is 0 Å². The fourth-order valence-corrected chi connectivity index (χ4v) is 4.69. The third kappa shape index (κ3) is 7.07. The summed E-state index contributed by atoms with van der Waals surface area (Å²) in [6.07, 6.45) is 0.933. The number of aromatic hydroxyl groups is 1. The van der Waals surface area contributed by atoms with Crippen molar-refractivity contribution in [3.63, 3.8) is 0 Å². The minimum Gasteiger partial charge on any atom is -0.503 e. The minimum atomic E-state index is -3.83. The number of carbonyl (C=O) groups excluding carboxylic acids is 1. The number of ether oxygens (including phenoxy) is 2. The van der Waals surface area contributed by atoms with Crippen molar-refractivity contribution >= 4 is 21.7 Å². The first-order valence-corrected chi connectivity index (χ1v) is 13.1. The van der Waals surface area contributed by atoms with Crippen molar-refractivity contribution in [2.24, 2.45) is 0 Å². The molecule has 3 rings (SSSR count). The number of phenols is 1. The van der Waals surface area contributed by atoms with Gasteiger partial charge in [0.1, 0.15) is 17.6 Å². The van der Waals surface area contributed by atoms with Crippen LogP contribution in [0.1, 0.15) is 30.1 Å². The molecule has 192 valence electrons. The van der Waals surface area contributed by atoms with Crippen molar-refractivity contribution in [3.05, 3.63) is 48.0 Å². The Kier molecular flexibility index (Phi) is 9.33. The van der Waals surface area contributed by atoms with E-state index in [0.29, 0.717) is 18.7 Å². The van der Waals surface area contributed by atoms with Crippen molar-refractivity contribution < 1.29 is 32.9 Å². The topological polar surface area (TPSA) is 137 Å². The fraction of sp³-hybridized carbons (Fsp3) is 0.458. The number of sulfonamides is 1. The molecular weight excluding hydrogens is 474 g/mol. The van der Waals surface area contributed by atoms with Gasteiger partial charge in [0.2, 0.25) is 10.0 Å². The normalized spacial score (nSPS) is 15.6. The van der Waals surface area contributed by atoms with Gasteiger partial charge in [-0.05, 0) is 63.2 Å².